The van der Waals surface area contributed by atoms with E-state index in [0.717, 1.165) is 6.54 Å². The molecule has 2 rings (SSSR count). The number of hydrogen-bond acceptors (Lipinski definition) is 2. The average molecular weight is 223 g/mol. The predicted octanol–water partition coefficient (Wildman–Crippen LogP) is 3.69. The third kappa shape index (κ3) is 2.26. The van der Waals surface area contributed by atoms with Gasteiger partial charge in [0.2, 0.25) is 0 Å². The Morgan fingerprint density at radius 1 is 1.47 bits per heavy atom. The lowest BCUT2D eigenvalue weighted by Crippen LogP contribution is -2.43. The second-order valence-corrected chi connectivity index (χ2v) is 5.66. The summed E-state index contributed by atoms with van der Waals surface area (Å²) >= 11 is 1.93. The van der Waals surface area contributed by atoms with E-state index in [-0.39, 0.29) is 5.54 Å². The third-order valence-corrected chi connectivity index (χ3v) is 4.66. The highest BCUT2D eigenvalue weighted by Crippen LogP contribution is 2.36. The van der Waals surface area contributed by atoms with Gasteiger partial charge in [-0.25, -0.2) is 0 Å². The Labute approximate surface area is 96.9 Å². The van der Waals surface area contributed by atoms with Crippen LogP contribution in [-0.4, -0.2) is 6.54 Å². The summed E-state index contributed by atoms with van der Waals surface area (Å²) < 4.78 is 0. The van der Waals surface area contributed by atoms with Crippen LogP contribution in [0.2, 0.25) is 0 Å². The fourth-order valence-corrected chi connectivity index (χ4v) is 3.62. The van der Waals surface area contributed by atoms with Crippen LogP contribution in [-0.2, 0) is 12.0 Å². The Bertz CT molecular complexity index is 318. The van der Waals surface area contributed by atoms with Crippen molar-refractivity contribution in [3.8, 4) is 0 Å². The van der Waals surface area contributed by atoms with Gasteiger partial charge >= 0.3 is 0 Å². The zero-order valence-electron chi connectivity index (χ0n) is 9.81. The number of nitrogens with one attached hydrogen (secondary N) is 1. The average Bonchev–Trinajstić information content (AvgIpc) is 2.68. The lowest BCUT2D eigenvalue weighted by molar-refractivity contribution is 0.319. The molecule has 1 aromatic rings. The van der Waals surface area contributed by atoms with Crippen molar-refractivity contribution < 1.29 is 0 Å². The van der Waals surface area contributed by atoms with Gasteiger partial charge < -0.3 is 5.32 Å². The second kappa shape index (κ2) is 4.67. The Hall–Kier alpha value is -0.340. The van der Waals surface area contributed by atoms with E-state index in [1.54, 1.807) is 10.4 Å². The van der Waals surface area contributed by atoms with E-state index in [0.29, 0.717) is 0 Å². The highest BCUT2D eigenvalue weighted by molar-refractivity contribution is 7.10. The Balaban J connectivity index is 2.09. The normalized spacial score (nSPS) is 25.2. The molecule has 84 valence electrons. The molecule has 2 heterocycles. The third-order valence-electron chi connectivity index (χ3n) is 3.44. The van der Waals surface area contributed by atoms with E-state index in [9.17, 15) is 0 Å². The molecule has 2 heteroatoms. The summed E-state index contributed by atoms with van der Waals surface area (Å²) in [6, 6.07) is 2.30. The minimum Gasteiger partial charge on any atom is -0.307 e. The van der Waals surface area contributed by atoms with Crippen LogP contribution in [0, 0.1) is 0 Å². The standard InChI is InChI=1S/C13H21NS/c1-3-4-5-8-13(2)12-11(6-9-14-13)7-10-15-12/h7,10,14H,3-6,8-9H2,1-2H3. The van der Waals surface area contributed by atoms with Gasteiger partial charge in [-0.05, 0) is 36.8 Å². The number of hydrogen-bond donors (Lipinski definition) is 1. The first-order chi connectivity index (χ1) is 7.26. The summed E-state index contributed by atoms with van der Waals surface area (Å²) in [6.07, 6.45) is 6.51. The number of thiophene rings is 1. The molecule has 0 aromatic carbocycles. The Morgan fingerprint density at radius 2 is 2.33 bits per heavy atom. The van der Waals surface area contributed by atoms with Gasteiger partial charge in [-0.3, -0.25) is 0 Å². The van der Waals surface area contributed by atoms with Crippen LogP contribution >= 0.6 is 11.3 Å². The minimum absolute atomic E-state index is 0.261. The molecular formula is C13H21NS. The molecule has 0 bridgehead atoms. The highest BCUT2D eigenvalue weighted by Gasteiger charge is 2.31. The summed E-state index contributed by atoms with van der Waals surface area (Å²) in [5.74, 6) is 0. The first-order valence-corrected chi connectivity index (χ1v) is 6.96. The summed E-state index contributed by atoms with van der Waals surface area (Å²) in [7, 11) is 0. The van der Waals surface area contributed by atoms with Gasteiger partial charge in [0, 0.05) is 11.4 Å². The molecular weight excluding hydrogens is 202 g/mol. The van der Waals surface area contributed by atoms with Crippen molar-refractivity contribution in [1.82, 2.24) is 5.32 Å². The first kappa shape index (κ1) is 11.2. The Morgan fingerprint density at radius 3 is 3.13 bits per heavy atom. The predicted molar refractivity (Wildman–Crippen MR) is 67.5 cm³/mol. The van der Waals surface area contributed by atoms with Gasteiger partial charge in [-0.15, -0.1) is 11.3 Å². The van der Waals surface area contributed by atoms with Gasteiger partial charge in [-0.1, -0.05) is 26.2 Å². The topological polar surface area (TPSA) is 12.0 Å². The van der Waals surface area contributed by atoms with E-state index >= 15 is 0 Å². The van der Waals surface area contributed by atoms with Crippen LogP contribution in [0.3, 0.4) is 0 Å². The maximum absolute atomic E-state index is 3.71. The van der Waals surface area contributed by atoms with Gasteiger partial charge in [0.15, 0.2) is 0 Å². The van der Waals surface area contributed by atoms with Crippen LogP contribution in [0.25, 0.3) is 0 Å². The molecule has 1 atom stereocenters. The number of rotatable bonds is 4. The maximum Gasteiger partial charge on any atom is 0.0503 e. The quantitative estimate of drug-likeness (QED) is 0.768. The van der Waals surface area contributed by atoms with Crippen LogP contribution in [0.15, 0.2) is 11.4 Å². The fraction of sp³-hybridized carbons (Fsp3) is 0.692. The molecule has 1 unspecified atom stereocenters. The molecule has 0 saturated carbocycles. The zero-order valence-corrected chi connectivity index (χ0v) is 10.6. The van der Waals surface area contributed by atoms with Gasteiger partial charge in [0.1, 0.15) is 0 Å². The molecule has 1 aliphatic heterocycles. The van der Waals surface area contributed by atoms with Crippen molar-refractivity contribution >= 4 is 11.3 Å². The molecule has 0 spiro atoms. The van der Waals surface area contributed by atoms with Crippen LogP contribution in [0.5, 0.6) is 0 Å². The summed E-state index contributed by atoms with van der Waals surface area (Å²) in [5.41, 5.74) is 1.84. The minimum atomic E-state index is 0.261. The molecule has 0 saturated heterocycles. The molecule has 1 aromatic heterocycles. The summed E-state index contributed by atoms with van der Waals surface area (Å²) in [5, 5.41) is 5.95. The molecule has 0 amide bonds. The molecule has 0 aliphatic carbocycles. The van der Waals surface area contributed by atoms with Gasteiger partial charge in [0.25, 0.3) is 0 Å². The van der Waals surface area contributed by atoms with E-state index in [4.69, 9.17) is 0 Å². The molecule has 1 N–H and O–H groups in total. The molecule has 1 aliphatic rings. The largest absolute Gasteiger partial charge is 0.307 e. The van der Waals surface area contributed by atoms with Crippen molar-refractivity contribution in [3.05, 3.63) is 21.9 Å². The molecule has 15 heavy (non-hydrogen) atoms. The Kier molecular flexibility index (Phi) is 3.47. The van der Waals surface area contributed by atoms with Crippen molar-refractivity contribution in [2.45, 2.75) is 51.5 Å². The first-order valence-electron chi connectivity index (χ1n) is 6.08. The van der Waals surface area contributed by atoms with Gasteiger partial charge in [-0.2, -0.15) is 0 Å². The lowest BCUT2D eigenvalue weighted by atomic mass is 9.87. The maximum atomic E-state index is 3.71. The summed E-state index contributed by atoms with van der Waals surface area (Å²) in [6.45, 7) is 5.79. The van der Waals surface area contributed by atoms with E-state index in [1.807, 2.05) is 11.3 Å². The number of unbranched alkanes of at least 4 members (excludes halogenated alkanes) is 2. The van der Waals surface area contributed by atoms with E-state index in [1.165, 1.54) is 32.1 Å². The summed E-state index contributed by atoms with van der Waals surface area (Å²) in [4.78, 5) is 1.59. The van der Waals surface area contributed by atoms with Crippen molar-refractivity contribution in [1.29, 1.82) is 0 Å². The zero-order chi connectivity index (χ0) is 10.7. The van der Waals surface area contributed by atoms with E-state index < -0.39 is 0 Å². The smallest absolute Gasteiger partial charge is 0.0503 e. The van der Waals surface area contributed by atoms with Crippen LogP contribution < -0.4 is 5.32 Å². The van der Waals surface area contributed by atoms with Crippen LogP contribution in [0.4, 0.5) is 0 Å². The molecule has 0 radical (unpaired) electrons. The fourth-order valence-electron chi connectivity index (χ4n) is 2.50. The van der Waals surface area contributed by atoms with Gasteiger partial charge in [0.05, 0.1) is 5.54 Å². The van der Waals surface area contributed by atoms with Crippen molar-refractivity contribution in [2.75, 3.05) is 6.54 Å². The lowest BCUT2D eigenvalue weighted by Gasteiger charge is -2.35. The van der Waals surface area contributed by atoms with Crippen LogP contribution in [0.1, 0.15) is 50.0 Å². The highest BCUT2D eigenvalue weighted by atomic mass is 32.1. The molecule has 0 fully saturated rings. The van der Waals surface area contributed by atoms with Crippen molar-refractivity contribution in [3.63, 3.8) is 0 Å². The molecule has 1 nitrogen and oxygen atoms in total. The SMILES string of the molecule is CCCCCC1(C)NCCc2ccsc21. The van der Waals surface area contributed by atoms with Crippen molar-refractivity contribution in [2.24, 2.45) is 0 Å². The monoisotopic (exact) mass is 223 g/mol. The number of fused-ring (bicyclic) bond motifs is 1. The second-order valence-electron chi connectivity index (χ2n) is 4.74. The van der Waals surface area contributed by atoms with E-state index in [2.05, 4.69) is 30.6 Å².